The molecular formula is C19H22N4O5. The van der Waals surface area contributed by atoms with Crippen LogP contribution in [0.1, 0.15) is 23.7 Å². The van der Waals surface area contributed by atoms with Crippen LogP contribution in [0.15, 0.2) is 42.6 Å². The summed E-state index contributed by atoms with van der Waals surface area (Å²) >= 11 is 0. The average molecular weight is 386 g/mol. The van der Waals surface area contributed by atoms with Crippen LogP contribution in [0.3, 0.4) is 0 Å². The summed E-state index contributed by atoms with van der Waals surface area (Å²) in [6.45, 7) is 1.98. The molecule has 0 N–H and O–H groups in total. The van der Waals surface area contributed by atoms with Crippen molar-refractivity contribution < 1.29 is 19.2 Å². The molecule has 0 unspecified atom stereocenters. The highest BCUT2D eigenvalue weighted by Crippen LogP contribution is 2.28. The van der Waals surface area contributed by atoms with Crippen LogP contribution in [0.2, 0.25) is 0 Å². The molecule has 9 heteroatoms. The predicted octanol–water partition coefficient (Wildman–Crippen LogP) is 2.66. The minimum absolute atomic E-state index is 0.0198. The number of anilines is 2. The van der Waals surface area contributed by atoms with Gasteiger partial charge in [0.15, 0.2) is 0 Å². The average Bonchev–Trinajstić information content (AvgIpc) is 2.68. The SMILES string of the molecule is CCOC(=O)CCN(C(=O)c1ccc(N(C)C)c([N+](=O)[O-])c1)c1ccccn1. The van der Waals surface area contributed by atoms with Crippen LogP contribution in [-0.4, -0.2) is 49.0 Å². The van der Waals surface area contributed by atoms with E-state index >= 15 is 0 Å². The largest absolute Gasteiger partial charge is 0.466 e. The van der Waals surface area contributed by atoms with Crippen molar-refractivity contribution in [3.8, 4) is 0 Å². The Hall–Kier alpha value is -3.49. The zero-order valence-electron chi connectivity index (χ0n) is 16.0. The van der Waals surface area contributed by atoms with Crippen LogP contribution in [0.4, 0.5) is 17.2 Å². The Balaban J connectivity index is 2.37. The molecule has 0 aliphatic carbocycles. The van der Waals surface area contributed by atoms with E-state index < -0.39 is 16.8 Å². The van der Waals surface area contributed by atoms with Gasteiger partial charge < -0.3 is 9.64 Å². The van der Waals surface area contributed by atoms with Gasteiger partial charge >= 0.3 is 5.97 Å². The molecule has 9 nitrogen and oxygen atoms in total. The fraction of sp³-hybridized carbons (Fsp3) is 0.316. The van der Waals surface area contributed by atoms with Gasteiger partial charge in [-0.2, -0.15) is 0 Å². The maximum absolute atomic E-state index is 13.1. The first-order valence-electron chi connectivity index (χ1n) is 8.69. The van der Waals surface area contributed by atoms with E-state index in [-0.39, 0.29) is 30.8 Å². The normalized spacial score (nSPS) is 10.2. The predicted molar refractivity (Wildman–Crippen MR) is 105 cm³/mol. The number of ether oxygens (including phenoxy) is 1. The van der Waals surface area contributed by atoms with Crippen LogP contribution < -0.4 is 9.80 Å². The second-order valence-corrected chi connectivity index (χ2v) is 6.05. The van der Waals surface area contributed by atoms with E-state index in [2.05, 4.69) is 4.98 Å². The van der Waals surface area contributed by atoms with E-state index in [0.717, 1.165) is 0 Å². The van der Waals surface area contributed by atoms with Crippen molar-refractivity contribution in [2.45, 2.75) is 13.3 Å². The molecule has 148 valence electrons. The number of nitro groups is 1. The molecule has 0 saturated heterocycles. The number of esters is 1. The number of nitro benzene ring substituents is 1. The number of nitrogens with zero attached hydrogens (tertiary/aromatic N) is 4. The van der Waals surface area contributed by atoms with Crippen molar-refractivity contribution in [2.75, 3.05) is 37.0 Å². The van der Waals surface area contributed by atoms with Crippen LogP contribution in [0.25, 0.3) is 0 Å². The lowest BCUT2D eigenvalue weighted by atomic mass is 10.1. The van der Waals surface area contributed by atoms with Crippen molar-refractivity contribution >= 4 is 29.1 Å². The Morgan fingerprint density at radius 3 is 2.54 bits per heavy atom. The first kappa shape index (κ1) is 20.8. The fourth-order valence-electron chi connectivity index (χ4n) is 2.61. The summed E-state index contributed by atoms with van der Waals surface area (Å²) in [4.78, 5) is 42.7. The van der Waals surface area contributed by atoms with Crippen LogP contribution in [0, 0.1) is 10.1 Å². The second-order valence-electron chi connectivity index (χ2n) is 6.05. The number of amides is 1. The molecule has 1 aromatic carbocycles. The van der Waals surface area contributed by atoms with Gasteiger partial charge in [0.2, 0.25) is 0 Å². The highest BCUT2D eigenvalue weighted by molar-refractivity contribution is 6.06. The van der Waals surface area contributed by atoms with Gasteiger partial charge in [0.05, 0.1) is 18.0 Å². The third-order valence-corrected chi connectivity index (χ3v) is 3.92. The van der Waals surface area contributed by atoms with Gasteiger partial charge in [-0.05, 0) is 31.2 Å². The number of hydrogen-bond acceptors (Lipinski definition) is 7. The molecule has 0 atom stereocenters. The smallest absolute Gasteiger partial charge is 0.307 e. The number of hydrogen-bond donors (Lipinski definition) is 0. The van der Waals surface area contributed by atoms with Crippen LogP contribution in [-0.2, 0) is 9.53 Å². The Labute approximate surface area is 162 Å². The molecule has 2 rings (SSSR count). The minimum Gasteiger partial charge on any atom is -0.466 e. The molecule has 0 bridgehead atoms. The zero-order chi connectivity index (χ0) is 20.7. The zero-order valence-corrected chi connectivity index (χ0v) is 16.0. The Bertz CT molecular complexity index is 855. The molecule has 1 amide bonds. The molecular weight excluding hydrogens is 364 g/mol. The highest BCUT2D eigenvalue weighted by Gasteiger charge is 2.24. The Morgan fingerprint density at radius 1 is 1.21 bits per heavy atom. The lowest BCUT2D eigenvalue weighted by Gasteiger charge is -2.22. The van der Waals surface area contributed by atoms with Gasteiger partial charge in [-0.25, -0.2) is 4.98 Å². The van der Waals surface area contributed by atoms with E-state index in [1.54, 1.807) is 44.1 Å². The van der Waals surface area contributed by atoms with E-state index in [9.17, 15) is 19.7 Å². The quantitative estimate of drug-likeness (QED) is 0.390. The molecule has 0 aliphatic rings. The van der Waals surface area contributed by atoms with Crippen LogP contribution in [0.5, 0.6) is 0 Å². The number of pyridine rings is 1. The standard InChI is InChI=1S/C19H22N4O5/c1-4-28-18(24)10-12-22(17-7-5-6-11-20-17)19(25)14-8-9-15(21(2)3)16(13-14)23(26)27/h5-9,11,13H,4,10,12H2,1-3H3. The second kappa shape index (κ2) is 9.45. The lowest BCUT2D eigenvalue weighted by molar-refractivity contribution is -0.384. The summed E-state index contributed by atoms with van der Waals surface area (Å²) in [5.74, 6) is -0.585. The molecule has 2 aromatic rings. The Kier molecular flexibility index (Phi) is 7.02. The highest BCUT2D eigenvalue weighted by atomic mass is 16.6. The van der Waals surface area contributed by atoms with Crippen molar-refractivity contribution in [1.29, 1.82) is 0 Å². The number of carbonyl (C=O) groups excluding carboxylic acids is 2. The van der Waals surface area contributed by atoms with Crippen molar-refractivity contribution in [2.24, 2.45) is 0 Å². The molecule has 28 heavy (non-hydrogen) atoms. The molecule has 0 fully saturated rings. The van der Waals surface area contributed by atoms with E-state index in [4.69, 9.17) is 4.74 Å². The van der Waals surface area contributed by atoms with Crippen molar-refractivity contribution in [3.63, 3.8) is 0 Å². The van der Waals surface area contributed by atoms with Gasteiger partial charge in [-0.15, -0.1) is 0 Å². The molecule has 0 saturated carbocycles. The fourth-order valence-corrected chi connectivity index (χ4v) is 2.61. The Morgan fingerprint density at radius 2 is 1.96 bits per heavy atom. The third-order valence-electron chi connectivity index (χ3n) is 3.92. The van der Waals surface area contributed by atoms with E-state index in [1.807, 2.05) is 0 Å². The lowest BCUT2D eigenvalue weighted by Crippen LogP contribution is -2.34. The van der Waals surface area contributed by atoms with Gasteiger partial charge in [-0.3, -0.25) is 24.6 Å². The topological polar surface area (TPSA) is 106 Å². The maximum atomic E-state index is 13.1. The third kappa shape index (κ3) is 5.03. The molecule has 1 aromatic heterocycles. The van der Waals surface area contributed by atoms with Crippen molar-refractivity contribution in [1.82, 2.24) is 4.98 Å². The number of rotatable bonds is 8. The molecule has 1 heterocycles. The first-order valence-corrected chi connectivity index (χ1v) is 8.69. The number of benzene rings is 1. The summed E-state index contributed by atoms with van der Waals surface area (Å²) in [7, 11) is 3.37. The molecule has 0 spiro atoms. The molecule has 0 aliphatic heterocycles. The van der Waals surface area contributed by atoms with Gasteiger partial charge in [0.1, 0.15) is 11.5 Å². The number of carbonyl (C=O) groups is 2. The van der Waals surface area contributed by atoms with Gasteiger partial charge in [0, 0.05) is 38.5 Å². The molecule has 0 radical (unpaired) electrons. The summed E-state index contributed by atoms with van der Waals surface area (Å²) in [6, 6.07) is 9.32. The number of aromatic nitrogens is 1. The summed E-state index contributed by atoms with van der Waals surface area (Å²) in [5.41, 5.74) is 0.339. The summed E-state index contributed by atoms with van der Waals surface area (Å²) in [5, 5.41) is 11.4. The van der Waals surface area contributed by atoms with E-state index in [1.165, 1.54) is 29.3 Å². The van der Waals surface area contributed by atoms with Gasteiger partial charge in [0.25, 0.3) is 11.6 Å². The monoisotopic (exact) mass is 386 g/mol. The van der Waals surface area contributed by atoms with Crippen molar-refractivity contribution in [3.05, 3.63) is 58.3 Å². The summed E-state index contributed by atoms with van der Waals surface area (Å²) < 4.78 is 4.91. The van der Waals surface area contributed by atoms with Crippen LogP contribution >= 0.6 is 0 Å². The van der Waals surface area contributed by atoms with E-state index in [0.29, 0.717) is 11.5 Å². The minimum atomic E-state index is -0.532. The first-order chi connectivity index (χ1) is 13.3. The summed E-state index contributed by atoms with van der Waals surface area (Å²) in [6.07, 6.45) is 1.51. The van der Waals surface area contributed by atoms with Gasteiger partial charge in [-0.1, -0.05) is 6.07 Å². The maximum Gasteiger partial charge on any atom is 0.307 e.